The van der Waals surface area contributed by atoms with Gasteiger partial charge in [0.05, 0.1) is 0 Å². The highest BCUT2D eigenvalue weighted by atomic mass is 16.3. The first-order valence-corrected chi connectivity index (χ1v) is 9.18. The third-order valence-corrected chi connectivity index (χ3v) is 6.64. The Morgan fingerprint density at radius 3 is 2.75 bits per heavy atom. The lowest BCUT2D eigenvalue weighted by molar-refractivity contribution is 0.0322. The molecule has 2 heteroatoms. The van der Waals surface area contributed by atoms with E-state index in [0.717, 1.165) is 25.9 Å². The number of phenolic OH excluding ortho intramolecular Hbond substituents is 1. The van der Waals surface area contributed by atoms with Crippen molar-refractivity contribution < 1.29 is 5.11 Å². The Morgan fingerprint density at radius 2 is 1.96 bits per heavy atom. The highest BCUT2D eigenvalue weighted by molar-refractivity contribution is 5.44. The molecule has 3 atom stereocenters. The molecule has 1 heterocycles. The van der Waals surface area contributed by atoms with E-state index < -0.39 is 0 Å². The quantitative estimate of drug-likeness (QED) is 0.917. The molecule has 0 spiro atoms. The standard InChI is InChI=1S/C22H27NO/c1-16-21-14-18-8-9-19(24)15-20(18)22(16,2)11-13-23(21)12-10-17-6-4-3-5-7-17/h3-9,15-16,21,24H,10-14H2,1-2H3/t16-,21-,22-/m1/s1. The fourth-order valence-corrected chi connectivity index (χ4v) is 4.89. The molecule has 1 fully saturated rings. The average molecular weight is 321 g/mol. The van der Waals surface area contributed by atoms with Crippen molar-refractivity contribution in [2.24, 2.45) is 5.92 Å². The van der Waals surface area contributed by atoms with Crippen molar-refractivity contribution in [2.45, 2.75) is 44.6 Å². The summed E-state index contributed by atoms with van der Waals surface area (Å²) in [4.78, 5) is 2.70. The number of likely N-dealkylation sites (tertiary alicyclic amines) is 1. The molecule has 2 aliphatic rings. The Kier molecular flexibility index (Phi) is 3.88. The molecule has 4 rings (SSSR count). The van der Waals surface area contributed by atoms with Crippen LogP contribution in [-0.4, -0.2) is 29.1 Å². The van der Waals surface area contributed by atoms with Crippen molar-refractivity contribution in [3.8, 4) is 5.75 Å². The topological polar surface area (TPSA) is 23.5 Å². The van der Waals surface area contributed by atoms with Gasteiger partial charge in [0, 0.05) is 12.6 Å². The van der Waals surface area contributed by atoms with Crippen LogP contribution in [0, 0.1) is 5.92 Å². The van der Waals surface area contributed by atoms with Crippen LogP contribution >= 0.6 is 0 Å². The van der Waals surface area contributed by atoms with Crippen molar-refractivity contribution >= 4 is 0 Å². The number of hydrogen-bond acceptors (Lipinski definition) is 2. The summed E-state index contributed by atoms with van der Waals surface area (Å²) in [6.07, 6.45) is 3.42. The lowest BCUT2D eigenvalue weighted by Crippen LogP contribution is -2.58. The van der Waals surface area contributed by atoms with Crippen molar-refractivity contribution in [1.82, 2.24) is 4.90 Å². The van der Waals surface area contributed by atoms with Gasteiger partial charge in [0.25, 0.3) is 0 Å². The molecule has 0 amide bonds. The second-order valence-electron chi connectivity index (χ2n) is 7.84. The third-order valence-electron chi connectivity index (χ3n) is 6.64. The molecule has 0 saturated carbocycles. The predicted octanol–water partition coefficient (Wildman–Crippen LogP) is 4.16. The summed E-state index contributed by atoms with van der Waals surface area (Å²) >= 11 is 0. The minimum Gasteiger partial charge on any atom is -0.508 e. The summed E-state index contributed by atoms with van der Waals surface area (Å²) in [5.41, 5.74) is 4.44. The normalized spacial score (nSPS) is 29.2. The smallest absolute Gasteiger partial charge is 0.115 e. The van der Waals surface area contributed by atoms with Crippen LogP contribution in [0.5, 0.6) is 5.75 Å². The summed E-state index contributed by atoms with van der Waals surface area (Å²) < 4.78 is 0. The van der Waals surface area contributed by atoms with E-state index in [-0.39, 0.29) is 5.41 Å². The molecule has 0 radical (unpaired) electrons. The fourth-order valence-electron chi connectivity index (χ4n) is 4.89. The zero-order valence-electron chi connectivity index (χ0n) is 14.7. The Hall–Kier alpha value is -1.80. The highest BCUT2D eigenvalue weighted by Gasteiger charge is 2.48. The third kappa shape index (κ3) is 2.53. The number of aromatic hydroxyl groups is 1. The first kappa shape index (κ1) is 15.7. The largest absolute Gasteiger partial charge is 0.508 e. The minimum atomic E-state index is 0.195. The van der Waals surface area contributed by atoms with Crippen LogP contribution in [0.4, 0.5) is 0 Å². The molecular weight excluding hydrogens is 294 g/mol. The molecule has 1 aliphatic carbocycles. The van der Waals surface area contributed by atoms with Gasteiger partial charge in [0.1, 0.15) is 5.75 Å². The van der Waals surface area contributed by atoms with Gasteiger partial charge in [-0.15, -0.1) is 0 Å². The van der Waals surface area contributed by atoms with Crippen LogP contribution in [0.1, 0.15) is 37.0 Å². The van der Waals surface area contributed by atoms with Gasteiger partial charge >= 0.3 is 0 Å². The molecule has 2 nitrogen and oxygen atoms in total. The fraction of sp³-hybridized carbons (Fsp3) is 0.455. The first-order valence-electron chi connectivity index (χ1n) is 9.18. The summed E-state index contributed by atoms with van der Waals surface area (Å²) in [6, 6.07) is 17.4. The zero-order valence-corrected chi connectivity index (χ0v) is 14.7. The molecule has 1 aliphatic heterocycles. The van der Waals surface area contributed by atoms with Crippen molar-refractivity contribution in [3.05, 3.63) is 65.2 Å². The lowest BCUT2D eigenvalue weighted by Gasteiger charge is -2.54. The van der Waals surface area contributed by atoms with E-state index in [9.17, 15) is 5.11 Å². The molecule has 1 saturated heterocycles. The monoisotopic (exact) mass is 321 g/mol. The summed E-state index contributed by atoms with van der Waals surface area (Å²) in [5, 5.41) is 9.94. The highest BCUT2D eigenvalue weighted by Crippen LogP contribution is 2.49. The van der Waals surface area contributed by atoms with Crippen molar-refractivity contribution in [1.29, 1.82) is 0 Å². The van der Waals surface area contributed by atoms with Crippen LogP contribution in [0.3, 0.4) is 0 Å². The van der Waals surface area contributed by atoms with Crippen LogP contribution < -0.4 is 0 Å². The zero-order chi connectivity index (χ0) is 16.7. The van der Waals surface area contributed by atoms with Gasteiger partial charge in [-0.2, -0.15) is 0 Å². The summed E-state index contributed by atoms with van der Waals surface area (Å²) in [6.45, 7) is 7.11. The summed E-state index contributed by atoms with van der Waals surface area (Å²) in [5.74, 6) is 1.03. The van der Waals surface area contributed by atoms with E-state index >= 15 is 0 Å². The molecule has 24 heavy (non-hydrogen) atoms. The first-order chi connectivity index (χ1) is 11.6. The van der Waals surface area contributed by atoms with Gasteiger partial charge < -0.3 is 5.11 Å². The van der Waals surface area contributed by atoms with E-state index in [1.807, 2.05) is 12.1 Å². The molecular formula is C22H27NO. The van der Waals surface area contributed by atoms with Gasteiger partial charge in [-0.1, -0.05) is 50.2 Å². The number of hydrogen-bond donors (Lipinski definition) is 1. The maximum atomic E-state index is 9.94. The van der Waals surface area contributed by atoms with Crippen LogP contribution in [0.15, 0.2) is 48.5 Å². The van der Waals surface area contributed by atoms with Gasteiger partial charge in [0.2, 0.25) is 0 Å². The molecule has 126 valence electrons. The van der Waals surface area contributed by atoms with E-state index in [2.05, 4.69) is 55.1 Å². The second-order valence-corrected chi connectivity index (χ2v) is 7.84. The SMILES string of the molecule is C[C@@H]1[C@H]2Cc3ccc(O)cc3[C@]1(C)CCN2CCc1ccccc1. The van der Waals surface area contributed by atoms with E-state index in [4.69, 9.17) is 0 Å². The number of fused-ring (bicyclic) bond motifs is 4. The Morgan fingerprint density at radius 1 is 1.17 bits per heavy atom. The van der Waals surface area contributed by atoms with Crippen molar-refractivity contribution in [3.63, 3.8) is 0 Å². The van der Waals surface area contributed by atoms with Gasteiger partial charge in [0.15, 0.2) is 0 Å². The molecule has 2 aromatic rings. The minimum absolute atomic E-state index is 0.195. The average Bonchev–Trinajstić information content (AvgIpc) is 2.59. The molecule has 1 N–H and O–H groups in total. The maximum absolute atomic E-state index is 9.94. The molecule has 2 aromatic carbocycles. The van der Waals surface area contributed by atoms with E-state index in [0.29, 0.717) is 17.7 Å². The van der Waals surface area contributed by atoms with E-state index in [1.54, 1.807) is 0 Å². The van der Waals surface area contributed by atoms with Crippen LogP contribution in [0.25, 0.3) is 0 Å². The Balaban J connectivity index is 1.57. The van der Waals surface area contributed by atoms with Gasteiger partial charge in [-0.05, 0) is 66.0 Å². The number of nitrogens with zero attached hydrogens (tertiary/aromatic N) is 1. The van der Waals surface area contributed by atoms with Crippen molar-refractivity contribution in [2.75, 3.05) is 13.1 Å². The van der Waals surface area contributed by atoms with Gasteiger partial charge in [-0.3, -0.25) is 4.90 Å². The molecule has 0 unspecified atom stereocenters. The van der Waals surface area contributed by atoms with Crippen LogP contribution in [-0.2, 0) is 18.3 Å². The maximum Gasteiger partial charge on any atom is 0.115 e. The Bertz CT molecular complexity index is 726. The number of phenols is 1. The van der Waals surface area contributed by atoms with Gasteiger partial charge in [-0.25, -0.2) is 0 Å². The number of rotatable bonds is 3. The Labute approximate surface area is 145 Å². The number of piperidine rings is 1. The second kappa shape index (κ2) is 5.93. The lowest BCUT2D eigenvalue weighted by atomic mass is 9.59. The molecule has 0 aromatic heterocycles. The summed E-state index contributed by atoms with van der Waals surface area (Å²) in [7, 11) is 0. The van der Waals surface area contributed by atoms with E-state index in [1.165, 1.54) is 23.1 Å². The number of benzene rings is 2. The predicted molar refractivity (Wildman–Crippen MR) is 98.5 cm³/mol. The van der Waals surface area contributed by atoms with Crippen LogP contribution in [0.2, 0.25) is 0 Å². The molecule has 2 bridgehead atoms.